The van der Waals surface area contributed by atoms with Crippen LogP contribution in [-0.4, -0.2) is 33.7 Å². The van der Waals surface area contributed by atoms with E-state index < -0.39 is 17.6 Å². The zero-order chi connectivity index (χ0) is 22.3. The highest BCUT2D eigenvalue weighted by Crippen LogP contribution is 2.35. The predicted molar refractivity (Wildman–Crippen MR) is 112 cm³/mol. The van der Waals surface area contributed by atoms with Gasteiger partial charge in [-0.15, -0.1) is 0 Å². The second kappa shape index (κ2) is 9.87. The SMILES string of the molecule is C=CCOc1ccc(/C=C/C(=O)Nc2cc(C(F)(F)F)ccc2N(C)C)cc1OC. The summed E-state index contributed by atoms with van der Waals surface area (Å²) in [4.78, 5) is 13.9. The predicted octanol–water partition coefficient (Wildman–Crippen LogP) is 5.00. The molecule has 0 heterocycles. The van der Waals surface area contributed by atoms with Gasteiger partial charge in [-0.3, -0.25) is 4.79 Å². The molecular formula is C22H23F3N2O3. The van der Waals surface area contributed by atoms with Crippen molar-refractivity contribution in [3.05, 3.63) is 66.3 Å². The van der Waals surface area contributed by atoms with Crippen molar-refractivity contribution in [1.82, 2.24) is 0 Å². The van der Waals surface area contributed by atoms with Crippen LogP contribution in [0.3, 0.4) is 0 Å². The van der Waals surface area contributed by atoms with Gasteiger partial charge in [-0.25, -0.2) is 0 Å². The zero-order valence-electron chi connectivity index (χ0n) is 16.9. The number of rotatable bonds is 8. The molecule has 1 N–H and O–H groups in total. The molecule has 0 radical (unpaired) electrons. The number of alkyl halides is 3. The molecule has 2 rings (SSSR count). The van der Waals surface area contributed by atoms with Gasteiger partial charge < -0.3 is 19.7 Å². The van der Waals surface area contributed by atoms with Crippen molar-refractivity contribution >= 4 is 23.4 Å². The summed E-state index contributed by atoms with van der Waals surface area (Å²) in [6, 6.07) is 8.29. The van der Waals surface area contributed by atoms with E-state index in [-0.39, 0.29) is 5.69 Å². The summed E-state index contributed by atoms with van der Waals surface area (Å²) in [6.07, 6.45) is -0.143. The van der Waals surface area contributed by atoms with E-state index in [0.717, 1.165) is 12.1 Å². The van der Waals surface area contributed by atoms with Crippen LogP contribution in [0.25, 0.3) is 6.08 Å². The van der Waals surface area contributed by atoms with Gasteiger partial charge >= 0.3 is 6.18 Å². The van der Waals surface area contributed by atoms with Gasteiger partial charge in [0.15, 0.2) is 11.5 Å². The monoisotopic (exact) mass is 420 g/mol. The molecule has 2 aromatic carbocycles. The molecule has 5 nitrogen and oxygen atoms in total. The average molecular weight is 420 g/mol. The van der Waals surface area contributed by atoms with Crippen molar-refractivity contribution in [3.8, 4) is 11.5 Å². The van der Waals surface area contributed by atoms with E-state index in [4.69, 9.17) is 9.47 Å². The Balaban J connectivity index is 2.20. The molecule has 0 spiro atoms. The van der Waals surface area contributed by atoms with Crippen molar-refractivity contribution in [2.45, 2.75) is 6.18 Å². The Kier molecular flexibility index (Phi) is 7.52. The van der Waals surface area contributed by atoms with Gasteiger partial charge in [0.2, 0.25) is 5.91 Å². The Bertz CT molecular complexity index is 938. The molecule has 0 fully saturated rings. The number of nitrogens with one attached hydrogen (secondary N) is 1. The van der Waals surface area contributed by atoms with E-state index in [2.05, 4.69) is 11.9 Å². The second-order valence-electron chi connectivity index (χ2n) is 6.46. The van der Waals surface area contributed by atoms with Crippen molar-refractivity contribution < 1.29 is 27.4 Å². The number of methoxy groups -OCH3 is 1. The maximum Gasteiger partial charge on any atom is 0.416 e. The quantitative estimate of drug-likeness (QED) is 0.483. The number of ether oxygens (including phenoxy) is 2. The fourth-order valence-electron chi connectivity index (χ4n) is 2.60. The first-order chi connectivity index (χ1) is 14.2. The topological polar surface area (TPSA) is 50.8 Å². The van der Waals surface area contributed by atoms with Gasteiger partial charge in [0.1, 0.15) is 6.61 Å². The maximum absolute atomic E-state index is 13.0. The smallest absolute Gasteiger partial charge is 0.416 e. The van der Waals surface area contributed by atoms with Crippen LogP contribution in [0, 0.1) is 0 Å². The largest absolute Gasteiger partial charge is 0.493 e. The number of nitrogens with zero attached hydrogens (tertiary/aromatic N) is 1. The summed E-state index contributed by atoms with van der Waals surface area (Å²) in [5.41, 5.74) is 0.336. The summed E-state index contributed by atoms with van der Waals surface area (Å²) in [7, 11) is 4.85. The highest BCUT2D eigenvalue weighted by molar-refractivity contribution is 6.03. The highest BCUT2D eigenvalue weighted by atomic mass is 19.4. The molecule has 2 aromatic rings. The van der Waals surface area contributed by atoms with Crippen LogP contribution in [0.1, 0.15) is 11.1 Å². The van der Waals surface area contributed by atoms with Gasteiger partial charge in [0, 0.05) is 20.2 Å². The first kappa shape index (κ1) is 22.9. The third-order valence-corrected chi connectivity index (χ3v) is 4.04. The third-order valence-electron chi connectivity index (χ3n) is 4.04. The lowest BCUT2D eigenvalue weighted by Crippen LogP contribution is -2.16. The Morgan fingerprint density at radius 2 is 1.90 bits per heavy atom. The van der Waals surface area contributed by atoms with E-state index in [1.165, 1.54) is 25.3 Å². The minimum Gasteiger partial charge on any atom is -0.493 e. The molecule has 0 aliphatic heterocycles. The summed E-state index contributed by atoms with van der Waals surface area (Å²) in [5, 5.41) is 2.51. The molecule has 30 heavy (non-hydrogen) atoms. The molecule has 0 atom stereocenters. The molecule has 0 unspecified atom stereocenters. The van der Waals surface area contributed by atoms with Gasteiger partial charge in [-0.1, -0.05) is 18.7 Å². The van der Waals surface area contributed by atoms with Crippen LogP contribution < -0.4 is 19.7 Å². The van der Waals surface area contributed by atoms with E-state index in [0.29, 0.717) is 29.4 Å². The fraction of sp³-hybridized carbons (Fsp3) is 0.227. The summed E-state index contributed by atoms with van der Waals surface area (Å²) in [6.45, 7) is 3.90. The molecule has 0 saturated heterocycles. The normalized spacial score (nSPS) is 11.3. The Hall–Kier alpha value is -3.42. The van der Waals surface area contributed by atoms with E-state index in [1.807, 2.05) is 0 Å². The van der Waals surface area contributed by atoms with Crippen LogP contribution in [0.15, 0.2) is 55.1 Å². The highest BCUT2D eigenvalue weighted by Gasteiger charge is 2.31. The first-order valence-electron chi connectivity index (χ1n) is 8.95. The van der Waals surface area contributed by atoms with Gasteiger partial charge in [-0.05, 0) is 42.0 Å². The number of carbonyl (C=O) groups is 1. The summed E-state index contributed by atoms with van der Waals surface area (Å²) in [5.74, 6) is 0.439. The van der Waals surface area contributed by atoms with Crippen molar-refractivity contribution in [3.63, 3.8) is 0 Å². The Labute approximate surface area is 173 Å². The third kappa shape index (κ3) is 6.04. The maximum atomic E-state index is 13.0. The molecule has 8 heteroatoms. The number of hydrogen-bond acceptors (Lipinski definition) is 4. The first-order valence-corrected chi connectivity index (χ1v) is 8.95. The van der Waals surface area contributed by atoms with Gasteiger partial charge in [0.05, 0.1) is 24.0 Å². The summed E-state index contributed by atoms with van der Waals surface area (Å²) < 4.78 is 49.8. The number of halogens is 3. The number of amides is 1. The lowest BCUT2D eigenvalue weighted by molar-refractivity contribution is -0.137. The molecule has 0 aromatic heterocycles. The number of benzene rings is 2. The summed E-state index contributed by atoms with van der Waals surface area (Å²) >= 11 is 0. The molecule has 1 amide bonds. The molecule has 0 saturated carbocycles. The minimum atomic E-state index is -4.51. The van der Waals surface area contributed by atoms with E-state index >= 15 is 0 Å². The van der Waals surface area contributed by atoms with Gasteiger partial charge in [-0.2, -0.15) is 13.2 Å². The second-order valence-corrected chi connectivity index (χ2v) is 6.46. The Morgan fingerprint density at radius 3 is 2.50 bits per heavy atom. The molecule has 0 aliphatic rings. The van der Waals surface area contributed by atoms with Crippen molar-refractivity contribution in [1.29, 1.82) is 0 Å². The number of anilines is 2. The number of carbonyl (C=O) groups excluding carboxylic acids is 1. The minimum absolute atomic E-state index is 0.0650. The van der Waals surface area contributed by atoms with Crippen LogP contribution in [0.4, 0.5) is 24.5 Å². The number of hydrogen-bond donors (Lipinski definition) is 1. The van der Waals surface area contributed by atoms with Crippen LogP contribution >= 0.6 is 0 Å². The molecule has 0 aliphatic carbocycles. The zero-order valence-corrected chi connectivity index (χ0v) is 16.9. The molecule has 160 valence electrons. The molecular weight excluding hydrogens is 397 g/mol. The standard InChI is InChI=1S/C22H23F3N2O3/c1-5-12-30-19-10-6-15(13-20(19)29-4)7-11-21(28)26-17-14-16(22(23,24)25)8-9-18(17)27(2)3/h5-11,13-14H,1,12H2,2-4H3,(H,26,28)/b11-7+. The van der Waals surface area contributed by atoms with E-state index in [1.54, 1.807) is 43.3 Å². The average Bonchev–Trinajstić information content (AvgIpc) is 2.70. The fourth-order valence-corrected chi connectivity index (χ4v) is 2.60. The van der Waals surface area contributed by atoms with Crippen molar-refractivity contribution in [2.24, 2.45) is 0 Å². The molecule has 0 bridgehead atoms. The Morgan fingerprint density at radius 1 is 1.17 bits per heavy atom. The lowest BCUT2D eigenvalue weighted by atomic mass is 10.1. The lowest BCUT2D eigenvalue weighted by Gasteiger charge is -2.19. The van der Waals surface area contributed by atoms with Gasteiger partial charge in [0.25, 0.3) is 0 Å². The van der Waals surface area contributed by atoms with E-state index in [9.17, 15) is 18.0 Å². The van der Waals surface area contributed by atoms with Crippen LogP contribution in [0.2, 0.25) is 0 Å². The van der Waals surface area contributed by atoms with Crippen molar-refractivity contribution in [2.75, 3.05) is 38.0 Å². The van der Waals surface area contributed by atoms with Crippen LogP contribution in [-0.2, 0) is 11.0 Å². The van der Waals surface area contributed by atoms with Crippen LogP contribution in [0.5, 0.6) is 11.5 Å².